The van der Waals surface area contributed by atoms with E-state index in [1.165, 1.54) is 24.5 Å². The standard InChI is InChI=1S/C21H19F2N3O3S/c1-12-25-15(11-30-12)10-29-16-6-3-13(4-7-16)20(27)26-19(21(28)24-2)14-5-8-17(22)18(23)9-14/h3-9,11,19H,10H2,1-2H3,(H,24,28)(H,26,27). The Morgan fingerprint density at radius 3 is 2.47 bits per heavy atom. The summed E-state index contributed by atoms with van der Waals surface area (Å²) < 4.78 is 32.4. The van der Waals surface area contributed by atoms with Gasteiger partial charge in [-0.25, -0.2) is 13.8 Å². The molecule has 0 aliphatic carbocycles. The summed E-state index contributed by atoms with van der Waals surface area (Å²) in [5.41, 5.74) is 1.22. The van der Waals surface area contributed by atoms with Crippen LogP contribution >= 0.6 is 11.3 Å². The Morgan fingerprint density at radius 1 is 1.13 bits per heavy atom. The number of halogens is 2. The molecule has 2 aromatic carbocycles. The maximum atomic E-state index is 13.6. The van der Waals surface area contributed by atoms with Crippen molar-refractivity contribution in [3.63, 3.8) is 0 Å². The summed E-state index contributed by atoms with van der Waals surface area (Å²) in [7, 11) is 1.39. The van der Waals surface area contributed by atoms with Crippen molar-refractivity contribution in [3.8, 4) is 5.75 Å². The number of nitrogens with one attached hydrogen (secondary N) is 2. The molecule has 1 atom stereocenters. The summed E-state index contributed by atoms with van der Waals surface area (Å²) in [4.78, 5) is 29.1. The highest BCUT2D eigenvalue weighted by molar-refractivity contribution is 7.09. The number of carbonyl (C=O) groups excluding carboxylic acids is 2. The van der Waals surface area contributed by atoms with Crippen LogP contribution in [0.2, 0.25) is 0 Å². The van der Waals surface area contributed by atoms with Crippen LogP contribution < -0.4 is 15.4 Å². The van der Waals surface area contributed by atoms with Crippen molar-refractivity contribution in [2.24, 2.45) is 0 Å². The lowest BCUT2D eigenvalue weighted by Crippen LogP contribution is -2.39. The third-order valence-corrected chi connectivity index (χ3v) is 5.05. The van der Waals surface area contributed by atoms with E-state index in [2.05, 4.69) is 15.6 Å². The molecule has 0 fully saturated rings. The molecular weight excluding hydrogens is 412 g/mol. The first-order valence-electron chi connectivity index (χ1n) is 8.98. The Hall–Kier alpha value is -3.33. The van der Waals surface area contributed by atoms with E-state index >= 15 is 0 Å². The summed E-state index contributed by atoms with van der Waals surface area (Å²) in [6, 6.07) is 8.19. The zero-order chi connectivity index (χ0) is 21.7. The molecule has 0 saturated heterocycles. The van der Waals surface area contributed by atoms with Crippen LogP contribution in [-0.4, -0.2) is 23.8 Å². The van der Waals surface area contributed by atoms with Gasteiger partial charge in [0.05, 0.1) is 10.7 Å². The first-order valence-corrected chi connectivity index (χ1v) is 9.86. The predicted octanol–water partition coefficient (Wildman–Crippen LogP) is 3.53. The fourth-order valence-electron chi connectivity index (χ4n) is 2.69. The Bertz CT molecular complexity index is 1050. The molecule has 2 N–H and O–H groups in total. The smallest absolute Gasteiger partial charge is 0.252 e. The van der Waals surface area contributed by atoms with Crippen LogP contribution in [0.4, 0.5) is 8.78 Å². The summed E-state index contributed by atoms with van der Waals surface area (Å²) in [6.45, 7) is 2.22. The molecule has 30 heavy (non-hydrogen) atoms. The molecule has 0 radical (unpaired) electrons. The van der Waals surface area contributed by atoms with Gasteiger partial charge in [-0.15, -0.1) is 11.3 Å². The number of nitrogens with zero attached hydrogens (tertiary/aromatic N) is 1. The van der Waals surface area contributed by atoms with Crippen molar-refractivity contribution in [2.45, 2.75) is 19.6 Å². The summed E-state index contributed by atoms with van der Waals surface area (Å²) >= 11 is 1.53. The highest BCUT2D eigenvalue weighted by Gasteiger charge is 2.23. The average molecular weight is 431 g/mol. The molecule has 2 amide bonds. The molecule has 0 saturated carbocycles. The van der Waals surface area contributed by atoms with Crippen LogP contribution in [0.3, 0.4) is 0 Å². The molecular formula is C21H19F2N3O3S. The van der Waals surface area contributed by atoms with Crippen LogP contribution in [0.25, 0.3) is 0 Å². The van der Waals surface area contributed by atoms with Gasteiger partial charge in [0.25, 0.3) is 5.91 Å². The van der Waals surface area contributed by atoms with E-state index in [9.17, 15) is 18.4 Å². The molecule has 0 aliphatic heterocycles. The van der Waals surface area contributed by atoms with Gasteiger partial charge in [-0.1, -0.05) is 6.07 Å². The number of hydrogen-bond donors (Lipinski definition) is 2. The van der Waals surface area contributed by atoms with E-state index in [-0.39, 0.29) is 11.1 Å². The second-order valence-corrected chi connectivity index (χ2v) is 7.43. The quantitative estimate of drug-likeness (QED) is 0.600. The van der Waals surface area contributed by atoms with Gasteiger partial charge in [0.1, 0.15) is 18.4 Å². The molecule has 0 bridgehead atoms. The Morgan fingerprint density at radius 2 is 1.87 bits per heavy atom. The van der Waals surface area contributed by atoms with Crippen LogP contribution in [-0.2, 0) is 11.4 Å². The number of likely N-dealkylation sites (N-methyl/N-ethyl adjacent to an activating group) is 1. The van der Waals surface area contributed by atoms with Crippen molar-refractivity contribution in [3.05, 3.63) is 81.3 Å². The lowest BCUT2D eigenvalue weighted by Gasteiger charge is -2.18. The van der Waals surface area contributed by atoms with Crippen LogP contribution in [0.15, 0.2) is 47.8 Å². The molecule has 3 aromatic rings. The van der Waals surface area contributed by atoms with Gasteiger partial charge in [0.15, 0.2) is 11.6 Å². The monoisotopic (exact) mass is 431 g/mol. The maximum Gasteiger partial charge on any atom is 0.252 e. The number of aryl methyl sites for hydroxylation is 1. The normalized spacial score (nSPS) is 11.6. The van der Waals surface area contributed by atoms with Gasteiger partial charge >= 0.3 is 0 Å². The molecule has 3 rings (SSSR count). The van der Waals surface area contributed by atoms with Crippen LogP contribution in [0, 0.1) is 18.6 Å². The van der Waals surface area contributed by atoms with Gasteiger partial charge in [-0.2, -0.15) is 0 Å². The summed E-state index contributed by atoms with van der Waals surface area (Å²) in [6.07, 6.45) is 0. The van der Waals surface area contributed by atoms with Gasteiger partial charge in [-0.3, -0.25) is 9.59 Å². The molecule has 9 heteroatoms. The van der Waals surface area contributed by atoms with E-state index < -0.39 is 29.5 Å². The highest BCUT2D eigenvalue weighted by Crippen LogP contribution is 2.19. The fraction of sp³-hybridized carbons (Fsp3) is 0.190. The Labute approximate surface area is 175 Å². The second-order valence-electron chi connectivity index (χ2n) is 6.37. The fourth-order valence-corrected chi connectivity index (χ4v) is 3.28. The number of rotatable bonds is 7. The minimum Gasteiger partial charge on any atom is -0.487 e. The first-order chi connectivity index (χ1) is 14.4. The number of amides is 2. The summed E-state index contributed by atoms with van der Waals surface area (Å²) in [5, 5.41) is 7.80. The predicted molar refractivity (Wildman–Crippen MR) is 108 cm³/mol. The topological polar surface area (TPSA) is 80.3 Å². The van der Waals surface area contributed by atoms with E-state index in [4.69, 9.17) is 4.74 Å². The van der Waals surface area contributed by atoms with Gasteiger partial charge in [0.2, 0.25) is 5.91 Å². The van der Waals surface area contributed by atoms with Crippen molar-refractivity contribution in [1.29, 1.82) is 0 Å². The molecule has 156 valence electrons. The third kappa shape index (κ3) is 5.18. The van der Waals surface area contributed by atoms with E-state index in [1.54, 1.807) is 24.3 Å². The Balaban J connectivity index is 1.69. The van der Waals surface area contributed by atoms with Crippen molar-refractivity contribution < 1.29 is 23.1 Å². The van der Waals surface area contributed by atoms with Crippen molar-refractivity contribution >= 4 is 23.2 Å². The SMILES string of the molecule is CNC(=O)C(NC(=O)c1ccc(OCc2csc(C)n2)cc1)c1ccc(F)c(F)c1. The number of carbonyl (C=O) groups is 2. The molecule has 1 aromatic heterocycles. The van der Waals surface area contributed by atoms with E-state index in [0.717, 1.165) is 22.8 Å². The highest BCUT2D eigenvalue weighted by atomic mass is 32.1. The van der Waals surface area contributed by atoms with Gasteiger partial charge < -0.3 is 15.4 Å². The third-order valence-electron chi connectivity index (χ3n) is 4.23. The van der Waals surface area contributed by atoms with E-state index in [0.29, 0.717) is 12.4 Å². The van der Waals surface area contributed by atoms with Crippen molar-refractivity contribution in [2.75, 3.05) is 7.05 Å². The zero-order valence-electron chi connectivity index (χ0n) is 16.2. The van der Waals surface area contributed by atoms with Crippen LogP contribution in [0.1, 0.15) is 32.7 Å². The lowest BCUT2D eigenvalue weighted by atomic mass is 10.0. The minimum absolute atomic E-state index is 0.125. The average Bonchev–Trinajstić information content (AvgIpc) is 3.17. The summed E-state index contributed by atoms with van der Waals surface area (Å²) in [5.74, 6) is -2.69. The van der Waals surface area contributed by atoms with Gasteiger partial charge in [-0.05, 0) is 48.9 Å². The largest absolute Gasteiger partial charge is 0.487 e. The molecule has 1 heterocycles. The van der Waals surface area contributed by atoms with Crippen LogP contribution in [0.5, 0.6) is 5.75 Å². The van der Waals surface area contributed by atoms with Gasteiger partial charge in [0, 0.05) is 18.0 Å². The molecule has 0 spiro atoms. The first kappa shape index (κ1) is 21.4. The molecule has 0 aliphatic rings. The number of benzene rings is 2. The molecule has 1 unspecified atom stereocenters. The zero-order valence-corrected chi connectivity index (χ0v) is 17.1. The number of ether oxygens (including phenoxy) is 1. The number of aromatic nitrogens is 1. The maximum absolute atomic E-state index is 13.6. The second kappa shape index (κ2) is 9.45. The minimum atomic E-state index is -1.18. The Kier molecular flexibility index (Phi) is 6.73. The number of hydrogen-bond acceptors (Lipinski definition) is 5. The molecule has 6 nitrogen and oxygen atoms in total. The number of thiazole rings is 1. The lowest BCUT2D eigenvalue weighted by molar-refractivity contribution is -0.122. The van der Waals surface area contributed by atoms with E-state index in [1.807, 2.05) is 12.3 Å². The van der Waals surface area contributed by atoms with Crippen molar-refractivity contribution in [1.82, 2.24) is 15.6 Å².